The van der Waals surface area contributed by atoms with Crippen molar-refractivity contribution in [3.8, 4) is 28.3 Å². The van der Waals surface area contributed by atoms with E-state index in [1.54, 1.807) is 30.3 Å². The zero-order valence-electron chi connectivity index (χ0n) is 22.7. The number of rotatable bonds is 10. The molecule has 2 aromatic heterocycles. The highest BCUT2D eigenvalue weighted by atomic mass is 35.5. The summed E-state index contributed by atoms with van der Waals surface area (Å²) >= 11 is 19.0. The third-order valence-electron chi connectivity index (χ3n) is 6.97. The molecule has 1 fully saturated rings. The summed E-state index contributed by atoms with van der Waals surface area (Å²) in [5, 5.41) is 23.6. The number of aliphatic hydroxyl groups is 1. The van der Waals surface area contributed by atoms with Crippen LogP contribution in [0.25, 0.3) is 22.5 Å². The highest BCUT2D eigenvalue weighted by Crippen LogP contribution is 2.38. The van der Waals surface area contributed by atoms with Gasteiger partial charge in [-0.15, -0.1) is 0 Å². The third kappa shape index (κ3) is 7.47. The van der Waals surface area contributed by atoms with Crippen molar-refractivity contribution < 1.29 is 24.5 Å². The molecule has 1 amide bonds. The van der Waals surface area contributed by atoms with Crippen LogP contribution in [0, 0.1) is 0 Å². The molecule has 0 saturated heterocycles. The molecular formula is C29H31Cl3N4O5. The quantitative estimate of drug-likeness (QED) is 0.250. The van der Waals surface area contributed by atoms with Crippen molar-refractivity contribution in [2.45, 2.75) is 43.7 Å². The van der Waals surface area contributed by atoms with Crippen LogP contribution in [0.2, 0.25) is 15.1 Å². The maximum absolute atomic E-state index is 13.4. The second-order valence-electron chi connectivity index (χ2n) is 10.3. The van der Waals surface area contributed by atoms with Crippen molar-refractivity contribution in [1.29, 1.82) is 0 Å². The number of carboxylic acids is 1. The first-order valence-electron chi connectivity index (χ1n) is 13.1. The van der Waals surface area contributed by atoms with Crippen molar-refractivity contribution in [3.05, 3.63) is 63.4 Å². The molecule has 3 aromatic rings. The molecule has 0 aliphatic heterocycles. The molecule has 3 N–H and O–H groups in total. The zero-order valence-corrected chi connectivity index (χ0v) is 24.9. The number of aliphatic carboxylic acids is 1. The monoisotopic (exact) mass is 620 g/mol. The molecule has 0 bridgehead atoms. The largest absolute Gasteiger partial charge is 0.492 e. The lowest BCUT2D eigenvalue weighted by Gasteiger charge is -2.35. The van der Waals surface area contributed by atoms with Crippen molar-refractivity contribution >= 4 is 46.7 Å². The summed E-state index contributed by atoms with van der Waals surface area (Å²) in [7, 11) is 3.96. The summed E-state index contributed by atoms with van der Waals surface area (Å²) in [6, 6.07) is 9.86. The van der Waals surface area contributed by atoms with Crippen LogP contribution in [-0.2, 0) is 4.79 Å². The van der Waals surface area contributed by atoms with Crippen LogP contribution in [0.3, 0.4) is 0 Å². The number of nitrogens with zero attached hydrogens (tertiary/aromatic N) is 3. The fraction of sp³-hybridized carbons (Fsp3) is 0.379. The van der Waals surface area contributed by atoms with Crippen molar-refractivity contribution in [3.63, 3.8) is 0 Å². The van der Waals surface area contributed by atoms with E-state index >= 15 is 0 Å². The summed E-state index contributed by atoms with van der Waals surface area (Å²) in [6.07, 6.45) is 2.41. The van der Waals surface area contributed by atoms with Crippen LogP contribution in [0.1, 0.15) is 42.6 Å². The van der Waals surface area contributed by atoms with E-state index in [9.17, 15) is 19.8 Å². The first kappa shape index (κ1) is 31.0. The van der Waals surface area contributed by atoms with Gasteiger partial charge in [-0.1, -0.05) is 40.9 Å². The molecule has 1 aliphatic rings. The molecule has 41 heavy (non-hydrogen) atoms. The molecular weight excluding hydrogens is 591 g/mol. The minimum Gasteiger partial charge on any atom is -0.492 e. The molecule has 9 nitrogen and oxygen atoms in total. The maximum Gasteiger partial charge on any atom is 0.329 e. The second kappa shape index (κ2) is 13.4. The highest BCUT2D eigenvalue weighted by Gasteiger charge is 2.43. The Morgan fingerprint density at radius 2 is 1.80 bits per heavy atom. The topological polar surface area (TPSA) is 125 Å². The number of halogens is 3. The number of carbonyl (C=O) groups excluding carboxylic acids is 1. The van der Waals surface area contributed by atoms with Gasteiger partial charge in [0, 0.05) is 23.9 Å². The number of aliphatic hydroxyl groups excluding tert-OH is 1. The minimum atomic E-state index is -1.49. The molecule has 0 radical (unpaired) electrons. The Bertz CT molecular complexity index is 1430. The van der Waals surface area contributed by atoms with Gasteiger partial charge in [-0.05, 0) is 76.5 Å². The molecule has 1 saturated carbocycles. The van der Waals surface area contributed by atoms with E-state index in [4.69, 9.17) is 39.5 Å². The molecule has 218 valence electrons. The lowest BCUT2D eigenvalue weighted by atomic mass is 9.80. The van der Waals surface area contributed by atoms with Crippen molar-refractivity contribution in [2.75, 3.05) is 27.2 Å². The van der Waals surface area contributed by atoms with Crippen LogP contribution >= 0.6 is 34.8 Å². The van der Waals surface area contributed by atoms with E-state index in [-0.39, 0.29) is 36.4 Å². The van der Waals surface area contributed by atoms with Crippen LogP contribution in [0.4, 0.5) is 0 Å². The van der Waals surface area contributed by atoms with E-state index in [0.717, 1.165) is 13.0 Å². The van der Waals surface area contributed by atoms with Gasteiger partial charge >= 0.3 is 5.97 Å². The predicted octanol–water partition coefficient (Wildman–Crippen LogP) is 5.59. The predicted molar refractivity (Wildman–Crippen MR) is 159 cm³/mol. The molecule has 1 aliphatic carbocycles. The van der Waals surface area contributed by atoms with Crippen LogP contribution in [0.5, 0.6) is 5.75 Å². The van der Waals surface area contributed by atoms with E-state index in [1.807, 2.05) is 14.1 Å². The normalized spacial score (nSPS) is 18.8. The fourth-order valence-electron chi connectivity index (χ4n) is 4.70. The molecule has 1 aromatic carbocycles. The van der Waals surface area contributed by atoms with Gasteiger partial charge in [0.25, 0.3) is 5.91 Å². The summed E-state index contributed by atoms with van der Waals surface area (Å²) < 4.78 is 5.95. The third-order valence-corrected chi connectivity index (χ3v) is 7.78. The van der Waals surface area contributed by atoms with E-state index in [2.05, 4.69) is 20.2 Å². The van der Waals surface area contributed by atoms with Crippen LogP contribution < -0.4 is 10.1 Å². The number of aromatic nitrogens is 2. The molecule has 0 atom stereocenters. The Morgan fingerprint density at radius 3 is 2.46 bits per heavy atom. The minimum absolute atomic E-state index is 0.00369. The lowest BCUT2D eigenvalue weighted by Crippen LogP contribution is -2.57. The average Bonchev–Trinajstić information content (AvgIpc) is 2.93. The Kier molecular flexibility index (Phi) is 10.1. The summed E-state index contributed by atoms with van der Waals surface area (Å²) in [5.74, 6) is -1.35. The second-order valence-corrected chi connectivity index (χ2v) is 11.6. The number of nitrogens with one attached hydrogen (secondary N) is 1. The summed E-state index contributed by atoms with van der Waals surface area (Å²) in [4.78, 5) is 36.7. The van der Waals surface area contributed by atoms with E-state index < -0.39 is 23.5 Å². The van der Waals surface area contributed by atoms with E-state index in [1.165, 1.54) is 12.3 Å². The molecule has 2 heterocycles. The van der Waals surface area contributed by atoms with Gasteiger partial charge in [0.1, 0.15) is 17.0 Å². The standard InChI is InChI=1S/C29H31Cl3N4O5/c1-36(2)12-3-13-41-24-14-17(4-6-21(24)31)25-20(26-22(32)15-18(30)16-33-26)5-7-23(34-25)27(38)35-29(28(39)40)10-8-19(37)9-11-29/h4-7,14-16,19,37H,3,8-13H2,1-2H3,(H,35,38)(H,39,40). The van der Waals surface area contributed by atoms with Crippen LogP contribution in [-0.4, -0.2) is 75.8 Å². The number of carboxylic acid groups (broad SMARTS) is 1. The number of benzene rings is 1. The van der Waals surface area contributed by atoms with Crippen molar-refractivity contribution in [1.82, 2.24) is 20.2 Å². The zero-order chi connectivity index (χ0) is 29.7. The van der Waals surface area contributed by atoms with Crippen molar-refractivity contribution in [2.24, 2.45) is 0 Å². The molecule has 4 rings (SSSR count). The molecule has 0 spiro atoms. The first-order valence-corrected chi connectivity index (χ1v) is 14.3. The van der Waals surface area contributed by atoms with Gasteiger partial charge in [0.15, 0.2) is 0 Å². The molecule has 0 unspecified atom stereocenters. The highest BCUT2D eigenvalue weighted by molar-refractivity contribution is 6.36. The lowest BCUT2D eigenvalue weighted by molar-refractivity contribution is -0.146. The Balaban J connectivity index is 1.74. The van der Waals surface area contributed by atoms with E-state index in [0.29, 0.717) is 44.9 Å². The Morgan fingerprint density at radius 1 is 1.07 bits per heavy atom. The number of amides is 1. The number of hydrogen-bond acceptors (Lipinski definition) is 7. The van der Waals surface area contributed by atoms with Gasteiger partial charge < -0.3 is 25.2 Å². The van der Waals surface area contributed by atoms with Gasteiger partial charge in [0.05, 0.1) is 39.2 Å². The number of carbonyl (C=O) groups is 2. The summed E-state index contributed by atoms with van der Waals surface area (Å²) in [6.45, 7) is 1.29. The smallest absolute Gasteiger partial charge is 0.329 e. The summed E-state index contributed by atoms with van der Waals surface area (Å²) in [5.41, 5.74) is 0.390. The van der Waals surface area contributed by atoms with Crippen LogP contribution in [0.15, 0.2) is 42.6 Å². The average molecular weight is 622 g/mol. The first-order chi connectivity index (χ1) is 19.5. The maximum atomic E-state index is 13.4. The van der Waals surface area contributed by atoms with Gasteiger partial charge in [-0.2, -0.15) is 0 Å². The van der Waals surface area contributed by atoms with Gasteiger partial charge in [0.2, 0.25) is 0 Å². The fourth-order valence-corrected chi connectivity index (χ4v) is 5.36. The SMILES string of the molecule is CN(C)CCCOc1cc(-c2nc(C(=O)NC3(C(=O)O)CCC(O)CC3)ccc2-c2ncc(Cl)cc2Cl)ccc1Cl. The molecule has 12 heteroatoms. The Hall–Kier alpha value is -2.95. The van der Waals surface area contributed by atoms with Gasteiger partial charge in [-0.25, -0.2) is 9.78 Å². The Labute approximate surface area is 253 Å². The number of ether oxygens (including phenoxy) is 1. The van der Waals surface area contributed by atoms with Gasteiger partial charge in [-0.3, -0.25) is 9.78 Å². The number of pyridine rings is 2. The number of hydrogen-bond donors (Lipinski definition) is 3.